The van der Waals surface area contributed by atoms with E-state index >= 15 is 0 Å². The van der Waals surface area contributed by atoms with Gasteiger partial charge >= 0.3 is 0 Å². The fourth-order valence-electron chi connectivity index (χ4n) is 4.77. The Balaban J connectivity index is 4.58. The maximum Gasteiger partial charge on any atom is 0.268 e. The minimum Gasteiger partial charge on any atom is -0.756 e. The number of likely N-dealkylation sites (N-methyl/N-ethyl adjacent to an activating group) is 1. The number of rotatable bonds is 32. The maximum absolute atomic E-state index is 12.7. The summed E-state index contributed by atoms with van der Waals surface area (Å²) < 4.78 is 23.0. The molecule has 8 nitrogen and oxygen atoms in total. The van der Waals surface area contributed by atoms with Crippen LogP contribution >= 0.6 is 7.82 Å². The fourth-order valence-corrected chi connectivity index (χ4v) is 5.49. The van der Waals surface area contributed by atoms with E-state index < -0.39 is 26.6 Å². The molecule has 274 valence electrons. The molecular formula is C38H71N2O6P. The van der Waals surface area contributed by atoms with Crippen LogP contribution in [0.15, 0.2) is 48.6 Å². The molecule has 2 N–H and O–H groups in total. The summed E-state index contributed by atoms with van der Waals surface area (Å²) >= 11 is 0. The van der Waals surface area contributed by atoms with Crippen molar-refractivity contribution in [3.8, 4) is 0 Å². The number of amides is 1. The lowest BCUT2D eigenvalue weighted by atomic mass is 10.1. The third-order valence-corrected chi connectivity index (χ3v) is 8.71. The Labute approximate surface area is 289 Å². The van der Waals surface area contributed by atoms with E-state index in [-0.39, 0.29) is 12.5 Å². The summed E-state index contributed by atoms with van der Waals surface area (Å²) in [6, 6.07) is -0.910. The van der Waals surface area contributed by atoms with E-state index in [0.29, 0.717) is 17.4 Å². The first-order valence-electron chi connectivity index (χ1n) is 18.5. The van der Waals surface area contributed by atoms with E-state index in [9.17, 15) is 19.4 Å². The minimum atomic E-state index is -4.59. The van der Waals surface area contributed by atoms with Gasteiger partial charge in [0.05, 0.1) is 39.9 Å². The van der Waals surface area contributed by atoms with Gasteiger partial charge < -0.3 is 28.8 Å². The lowest BCUT2D eigenvalue weighted by Crippen LogP contribution is -2.45. The van der Waals surface area contributed by atoms with Crippen molar-refractivity contribution in [1.82, 2.24) is 5.32 Å². The average Bonchev–Trinajstić information content (AvgIpc) is 3.01. The molecule has 0 aliphatic rings. The monoisotopic (exact) mass is 683 g/mol. The number of allylic oxidation sites excluding steroid dienone is 7. The second-order valence-corrected chi connectivity index (χ2v) is 14.9. The number of aliphatic hydroxyl groups excluding tert-OH is 1. The summed E-state index contributed by atoms with van der Waals surface area (Å²) in [6.07, 6.45) is 35.9. The summed E-state index contributed by atoms with van der Waals surface area (Å²) in [5.41, 5.74) is 0. The Morgan fingerprint density at radius 1 is 0.745 bits per heavy atom. The van der Waals surface area contributed by atoms with Gasteiger partial charge in [0.2, 0.25) is 5.91 Å². The van der Waals surface area contributed by atoms with E-state index in [1.807, 2.05) is 27.2 Å². The molecule has 0 saturated heterocycles. The van der Waals surface area contributed by atoms with Gasteiger partial charge in [-0.25, -0.2) is 0 Å². The number of carbonyl (C=O) groups is 1. The first-order chi connectivity index (χ1) is 22.5. The van der Waals surface area contributed by atoms with Crippen LogP contribution in [-0.4, -0.2) is 68.5 Å². The minimum absolute atomic E-state index is 0.0123. The number of carbonyl (C=O) groups excluding carboxylic acids is 1. The summed E-state index contributed by atoms with van der Waals surface area (Å²) in [5.74, 6) is -0.226. The molecule has 1 amide bonds. The predicted octanol–water partition coefficient (Wildman–Crippen LogP) is 8.72. The van der Waals surface area contributed by atoms with E-state index in [1.165, 1.54) is 44.9 Å². The van der Waals surface area contributed by atoms with E-state index in [2.05, 4.69) is 55.6 Å². The summed E-state index contributed by atoms with van der Waals surface area (Å²) in [4.78, 5) is 25.1. The van der Waals surface area contributed by atoms with Crippen LogP contribution in [0.1, 0.15) is 136 Å². The molecule has 0 saturated carbocycles. The topological polar surface area (TPSA) is 108 Å². The molecule has 0 aromatic carbocycles. The van der Waals surface area contributed by atoms with Crippen LogP contribution in [0.3, 0.4) is 0 Å². The molecule has 0 heterocycles. The Kier molecular flexibility index (Phi) is 29.5. The zero-order valence-electron chi connectivity index (χ0n) is 30.7. The van der Waals surface area contributed by atoms with Crippen LogP contribution in [-0.2, 0) is 18.4 Å². The molecule has 0 aliphatic carbocycles. The largest absolute Gasteiger partial charge is 0.756 e. The van der Waals surface area contributed by atoms with Crippen molar-refractivity contribution in [2.24, 2.45) is 0 Å². The van der Waals surface area contributed by atoms with Crippen molar-refractivity contribution in [1.29, 1.82) is 0 Å². The summed E-state index contributed by atoms with van der Waals surface area (Å²) in [7, 11) is 1.22. The number of aliphatic hydroxyl groups is 1. The first kappa shape index (κ1) is 45.5. The van der Waals surface area contributed by atoms with Gasteiger partial charge in [0, 0.05) is 6.42 Å². The average molecular weight is 683 g/mol. The lowest BCUT2D eigenvalue weighted by Gasteiger charge is -2.29. The Morgan fingerprint density at radius 3 is 1.83 bits per heavy atom. The third kappa shape index (κ3) is 32.8. The highest BCUT2D eigenvalue weighted by molar-refractivity contribution is 7.45. The van der Waals surface area contributed by atoms with Crippen LogP contribution < -0.4 is 10.2 Å². The molecule has 0 spiro atoms. The van der Waals surface area contributed by atoms with Crippen LogP contribution in [0.5, 0.6) is 0 Å². The fraction of sp³-hybridized carbons (Fsp3) is 0.763. The van der Waals surface area contributed by atoms with Gasteiger partial charge in [0.15, 0.2) is 0 Å². The molecule has 0 fully saturated rings. The molecule has 0 aliphatic heterocycles. The first-order valence-corrected chi connectivity index (χ1v) is 20.0. The van der Waals surface area contributed by atoms with Gasteiger partial charge in [0.1, 0.15) is 13.2 Å². The zero-order chi connectivity index (χ0) is 35.1. The number of phosphoric ester groups is 1. The number of quaternary nitrogens is 1. The SMILES string of the molecule is CC/C=C/CC/C=C/CC/C=C/C(O)C(COP(=O)([O-])OCC[N+](C)(C)C)NC(=O)CCCCCCC/C=C\CCCCCCCC. The summed E-state index contributed by atoms with van der Waals surface area (Å²) in [5, 5.41) is 13.6. The normalized spacial score (nSPS) is 15.3. The quantitative estimate of drug-likeness (QED) is 0.0318. The van der Waals surface area contributed by atoms with Crippen LogP contribution in [0.4, 0.5) is 0 Å². The van der Waals surface area contributed by atoms with E-state index in [4.69, 9.17) is 9.05 Å². The van der Waals surface area contributed by atoms with Crippen molar-refractivity contribution in [3.05, 3.63) is 48.6 Å². The number of hydrogen-bond acceptors (Lipinski definition) is 6. The van der Waals surface area contributed by atoms with E-state index in [1.54, 1.807) is 6.08 Å². The molecule has 3 atom stereocenters. The summed E-state index contributed by atoms with van der Waals surface area (Å²) in [6.45, 7) is 4.44. The predicted molar refractivity (Wildman–Crippen MR) is 196 cm³/mol. The van der Waals surface area contributed by atoms with Crippen molar-refractivity contribution in [2.75, 3.05) is 40.9 Å². The van der Waals surface area contributed by atoms with Crippen LogP contribution in [0, 0.1) is 0 Å². The van der Waals surface area contributed by atoms with Crippen molar-refractivity contribution in [3.63, 3.8) is 0 Å². The zero-order valence-corrected chi connectivity index (χ0v) is 31.6. The number of phosphoric acid groups is 1. The lowest BCUT2D eigenvalue weighted by molar-refractivity contribution is -0.870. The molecule has 0 aromatic rings. The molecule has 0 aromatic heterocycles. The van der Waals surface area contributed by atoms with Crippen LogP contribution in [0.2, 0.25) is 0 Å². The van der Waals surface area contributed by atoms with Gasteiger partial charge in [-0.3, -0.25) is 9.36 Å². The van der Waals surface area contributed by atoms with Crippen molar-refractivity contribution in [2.45, 2.75) is 148 Å². The van der Waals surface area contributed by atoms with Crippen molar-refractivity contribution < 1.29 is 32.9 Å². The molecule has 47 heavy (non-hydrogen) atoms. The maximum atomic E-state index is 12.7. The smallest absolute Gasteiger partial charge is 0.268 e. The van der Waals surface area contributed by atoms with Crippen molar-refractivity contribution >= 4 is 13.7 Å². The molecule has 0 bridgehead atoms. The number of hydrogen-bond donors (Lipinski definition) is 2. The molecule has 3 unspecified atom stereocenters. The number of nitrogens with one attached hydrogen (secondary N) is 1. The second kappa shape index (κ2) is 30.5. The highest BCUT2D eigenvalue weighted by atomic mass is 31.2. The Bertz CT molecular complexity index is 912. The molecule has 9 heteroatoms. The Hall–Kier alpha value is -1.54. The van der Waals surface area contributed by atoms with Gasteiger partial charge in [-0.1, -0.05) is 114 Å². The highest BCUT2D eigenvalue weighted by Gasteiger charge is 2.23. The van der Waals surface area contributed by atoms with Crippen LogP contribution in [0.25, 0.3) is 0 Å². The van der Waals surface area contributed by atoms with Gasteiger partial charge in [-0.2, -0.15) is 0 Å². The number of nitrogens with zero attached hydrogens (tertiary/aromatic N) is 1. The standard InChI is InChI=1S/C38H71N2O6P/c1-6-8-10-12-14-16-18-19-20-21-22-24-26-28-30-32-38(42)39-36(35-46-47(43,44)45-34-33-40(3,4)5)37(41)31-29-27-25-23-17-15-13-11-9-7-2/h9,11,17,19-20,23,29,31,36-37,41H,6-8,10,12-16,18,21-22,24-28,30,32-35H2,1-5H3,(H-,39,42,43,44)/b11-9+,20-19-,23-17+,31-29+. The third-order valence-electron chi connectivity index (χ3n) is 7.75. The van der Waals surface area contributed by atoms with Gasteiger partial charge in [-0.15, -0.1) is 0 Å². The molecule has 0 rings (SSSR count). The molecule has 0 radical (unpaired) electrons. The number of unbranched alkanes of at least 4 members (excludes halogenated alkanes) is 13. The van der Waals surface area contributed by atoms with Gasteiger partial charge in [0.25, 0.3) is 7.82 Å². The highest BCUT2D eigenvalue weighted by Crippen LogP contribution is 2.38. The Morgan fingerprint density at radius 2 is 1.26 bits per heavy atom. The van der Waals surface area contributed by atoms with E-state index in [0.717, 1.165) is 70.6 Å². The van der Waals surface area contributed by atoms with Gasteiger partial charge in [-0.05, 0) is 64.2 Å². The molecular weight excluding hydrogens is 611 g/mol. The second-order valence-electron chi connectivity index (χ2n) is 13.5.